The second-order valence-electron chi connectivity index (χ2n) is 7.47. The smallest absolute Gasteiger partial charge is 0.194 e. The fourth-order valence-electron chi connectivity index (χ4n) is 3.86. The molecule has 8 nitrogen and oxygen atoms in total. The number of nitrogens with one attached hydrogen (secondary N) is 1. The van der Waals surface area contributed by atoms with Crippen LogP contribution in [0.15, 0.2) is 4.99 Å². The highest BCUT2D eigenvalue weighted by Crippen LogP contribution is 2.20. The highest BCUT2D eigenvalue weighted by atomic mass is 16.5. The van der Waals surface area contributed by atoms with Gasteiger partial charge in [-0.25, -0.2) is 4.99 Å². The predicted molar refractivity (Wildman–Crippen MR) is 107 cm³/mol. The van der Waals surface area contributed by atoms with Crippen LogP contribution in [0.1, 0.15) is 44.3 Å². The van der Waals surface area contributed by atoms with E-state index in [1.807, 2.05) is 25.5 Å². The largest absolute Gasteiger partial charge is 0.382 e. The maximum Gasteiger partial charge on any atom is 0.194 e. The van der Waals surface area contributed by atoms with Crippen LogP contribution in [0.5, 0.6) is 0 Å². The third kappa shape index (κ3) is 5.42. The summed E-state index contributed by atoms with van der Waals surface area (Å²) in [6, 6.07) is 0.667. The lowest BCUT2D eigenvalue weighted by molar-refractivity contribution is 0.145. The third-order valence-corrected chi connectivity index (χ3v) is 5.63. The van der Waals surface area contributed by atoms with Gasteiger partial charge < -0.3 is 19.5 Å². The number of aromatic nitrogens is 3. The Kier molecular flexibility index (Phi) is 7.46. The summed E-state index contributed by atoms with van der Waals surface area (Å²) in [5, 5.41) is 11.9. The molecule has 8 heteroatoms. The molecular formula is C19H35N7O. The lowest BCUT2D eigenvalue weighted by Gasteiger charge is -2.25. The molecular weight excluding hydrogens is 342 g/mol. The Morgan fingerprint density at radius 2 is 2.07 bits per heavy atom. The Balaban J connectivity index is 1.60. The van der Waals surface area contributed by atoms with Crippen molar-refractivity contribution in [1.29, 1.82) is 0 Å². The van der Waals surface area contributed by atoms with Gasteiger partial charge in [-0.15, -0.1) is 10.2 Å². The van der Waals surface area contributed by atoms with E-state index in [-0.39, 0.29) is 0 Å². The molecule has 0 aromatic carbocycles. The van der Waals surface area contributed by atoms with E-state index >= 15 is 0 Å². The normalized spacial score (nSPS) is 21.4. The Morgan fingerprint density at radius 1 is 1.26 bits per heavy atom. The van der Waals surface area contributed by atoms with Crippen molar-refractivity contribution in [3.63, 3.8) is 0 Å². The van der Waals surface area contributed by atoms with E-state index in [0.29, 0.717) is 12.6 Å². The van der Waals surface area contributed by atoms with E-state index in [0.717, 1.165) is 56.9 Å². The third-order valence-electron chi connectivity index (χ3n) is 5.63. The molecule has 2 aliphatic rings. The van der Waals surface area contributed by atoms with E-state index in [2.05, 4.69) is 25.3 Å². The van der Waals surface area contributed by atoms with Crippen LogP contribution in [0.2, 0.25) is 0 Å². The fourth-order valence-corrected chi connectivity index (χ4v) is 3.86. The molecule has 3 rings (SSSR count). The van der Waals surface area contributed by atoms with E-state index in [4.69, 9.17) is 9.73 Å². The Hall–Kier alpha value is -1.67. The first-order valence-corrected chi connectivity index (χ1v) is 10.4. The minimum absolute atomic E-state index is 0.552. The van der Waals surface area contributed by atoms with Crippen molar-refractivity contribution < 1.29 is 4.74 Å². The summed E-state index contributed by atoms with van der Waals surface area (Å²) < 4.78 is 7.46. The van der Waals surface area contributed by atoms with Gasteiger partial charge in [0.05, 0.1) is 0 Å². The maximum absolute atomic E-state index is 5.45. The highest BCUT2D eigenvalue weighted by Gasteiger charge is 2.30. The standard InChI is InChI=1S/C19H35N7O/c1-4-27-13-7-9-20-19(21-14-18-23-22-16(2)24(18)3)26-12-8-17(15-26)25-10-5-6-11-25/h17H,4-15H2,1-3H3,(H,20,21). The molecule has 0 bridgehead atoms. The summed E-state index contributed by atoms with van der Waals surface area (Å²) in [7, 11) is 1.99. The van der Waals surface area contributed by atoms with Crippen molar-refractivity contribution >= 4 is 5.96 Å². The number of likely N-dealkylation sites (tertiary alicyclic amines) is 2. The molecule has 27 heavy (non-hydrogen) atoms. The van der Waals surface area contributed by atoms with E-state index < -0.39 is 0 Å². The maximum atomic E-state index is 5.45. The molecule has 0 spiro atoms. The van der Waals surface area contributed by atoms with Gasteiger partial charge in [-0.05, 0) is 52.6 Å². The first-order valence-electron chi connectivity index (χ1n) is 10.4. The van der Waals surface area contributed by atoms with Gasteiger partial charge in [0, 0.05) is 45.9 Å². The van der Waals surface area contributed by atoms with Gasteiger partial charge in [0.25, 0.3) is 0 Å². The number of aryl methyl sites for hydroxylation is 1. The van der Waals surface area contributed by atoms with Gasteiger partial charge in [0.1, 0.15) is 12.4 Å². The minimum Gasteiger partial charge on any atom is -0.382 e. The summed E-state index contributed by atoms with van der Waals surface area (Å²) >= 11 is 0. The van der Waals surface area contributed by atoms with Crippen LogP contribution in [-0.2, 0) is 18.3 Å². The zero-order valence-corrected chi connectivity index (χ0v) is 17.2. The van der Waals surface area contributed by atoms with Crippen molar-refractivity contribution in [1.82, 2.24) is 29.9 Å². The highest BCUT2D eigenvalue weighted by molar-refractivity contribution is 5.80. The number of aliphatic imine (C=N–C) groups is 1. The van der Waals surface area contributed by atoms with Gasteiger partial charge >= 0.3 is 0 Å². The molecule has 1 unspecified atom stereocenters. The van der Waals surface area contributed by atoms with Gasteiger partial charge in [-0.1, -0.05) is 0 Å². The van der Waals surface area contributed by atoms with Crippen molar-refractivity contribution in [2.75, 3.05) is 45.9 Å². The monoisotopic (exact) mass is 377 g/mol. The number of guanidine groups is 1. The fraction of sp³-hybridized carbons (Fsp3) is 0.842. The minimum atomic E-state index is 0.552. The molecule has 3 heterocycles. The molecule has 2 saturated heterocycles. The molecule has 2 fully saturated rings. The lowest BCUT2D eigenvalue weighted by atomic mass is 10.2. The Labute approximate surface area is 163 Å². The van der Waals surface area contributed by atoms with E-state index in [9.17, 15) is 0 Å². The van der Waals surface area contributed by atoms with Crippen LogP contribution in [-0.4, -0.2) is 82.5 Å². The first kappa shape index (κ1) is 20.1. The molecule has 0 aliphatic carbocycles. The number of hydrogen-bond acceptors (Lipinski definition) is 5. The average Bonchev–Trinajstić information content (AvgIpc) is 3.41. The molecule has 2 aliphatic heterocycles. The van der Waals surface area contributed by atoms with E-state index in [1.54, 1.807) is 0 Å². The molecule has 1 aromatic rings. The number of hydrogen-bond donors (Lipinski definition) is 1. The summed E-state index contributed by atoms with van der Waals surface area (Å²) in [5.74, 6) is 2.81. The molecule has 1 atom stereocenters. The molecule has 0 radical (unpaired) electrons. The van der Waals surface area contributed by atoms with Crippen molar-refractivity contribution in [3.8, 4) is 0 Å². The summed E-state index contributed by atoms with van der Waals surface area (Å²) in [6.45, 7) is 11.6. The van der Waals surface area contributed by atoms with Gasteiger partial charge in [0.15, 0.2) is 11.8 Å². The number of rotatable bonds is 8. The van der Waals surface area contributed by atoms with Crippen molar-refractivity contribution in [2.24, 2.45) is 12.0 Å². The lowest BCUT2D eigenvalue weighted by Crippen LogP contribution is -2.43. The zero-order chi connectivity index (χ0) is 19.1. The molecule has 1 aromatic heterocycles. The van der Waals surface area contributed by atoms with Crippen LogP contribution in [0.4, 0.5) is 0 Å². The molecule has 0 amide bonds. The van der Waals surface area contributed by atoms with Crippen molar-refractivity contribution in [3.05, 3.63) is 11.6 Å². The Morgan fingerprint density at radius 3 is 2.78 bits per heavy atom. The van der Waals surface area contributed by atoms with Crippen LogP contribution in [0, 0.1) is 6.92 Å². The van der Waals surface area contributed by atoms with E-state index in [1.165, 1.54) is 32.4 Å². The Bertz CT molecular complexity index is 609. The predicted octanol–water partition coefficient (Wildman–Crippen LogP) is 1.17. The summed E-state index contributed by atoms with van der Waals surface area (Å²) in [4.78, 5) is 9.94. The van der Waals surface area contributed by atoms with Crippen LogP contribution >= 0.6 is 0 Å². The molecule has 152 valence electrons. The summed E-state index contributed by atoms with van der Waals surface area (Å²) in [6.07, 6.45) is 4.90. The topological polar surface area (TPSA) is 70.8 Å². The first-order chi connectivity index (χ1) is 13.2. The van der Waals surface area contributed by atoms with Crippen molar-refractivity contribution in [2.45, 2.75) is 52.1 Å². The molecule has 0 saturated carbocycles. The van der Waals surface area contributed by atoms with Crippen LogP contribution in [0.25, 0.3) is 0 Å². The quantitative estimate of drug-likeness (QED) is 0.417. The number of ether oxygens (including phenoxy) is 1. The average molecular weight is 378 g/mol. The number of nitrogens with zero attached hydrogens (tertiary/aromatic N) is 6. The van der Waals surface area contributed by atoms with Gasteiger partial charge in [-0.3, -0.25) is 4.90 Å². The van der Waals surface area contributed by atoms with Crippen LogP contribution < -0.4 is 5.32 Å². The van der Waals surface area contributed by atoms with Crippen LogP contribution in [0.3, 0.4) is 0 Å². The van der Waals surface area contributed by atoms with Gasteiger partial charge in [0.2, 0.25) is 0 Å². The summed E-state index contributed by atoms with van der Waals surface area (Å²) in [5.41, 5.74) is 0. The second-order valence-corrected chi connectivity index (χ2v) is 7.47. The van der Waals surface area contributed by atoms with Gasteiger partial charge in [-0.2, -0.15) is 0 Å². The molecule has 1 N–H and O–H groups in total. The SMILES string of the molecule is CCOCCCNC(=NCc1nnc(C)n1C)N1CCC(N2CCCC2)C1. The second kappa shape index (κ2) is 10.0. The zero-order valence-electron chi connectivity index (χ0n) is 17.2.